The molecule has 0 heterocycles. The van der Waals surface area contributed by atoms with Crippen molar-refractivity contribution in [3.05, 3.63) is 71.3 Å². The van der Waals surface area contributed by atoms with Crippen molar-refractivity contribution in [2.45, 2.75) is 12.3 Å². The van der Waals surface area contributed by atoms with Gasteiger partial charge in [0, 0.05) is 12.5 Å². The summed E-state index contributed by atoms with van der Waals surface area (Å²) in [4.78, 5) is 0. The van der Waals surface area contributed by atoms with Crippen molar-refractivity contribution in [2.24, 2.45) is 0 Å². The van der Waals surface area contributed by atoms with Crippen LogP contribution < -0.4 is 5.32 Å². The zero-order valence-corrected chi connectivity index (χ0v) is 10.9. The SMILES string of the molecule is CNCC(Cc1ccc(F)c(F)c1)c1ccccc1. The molecule has 0 saturated heterocycles. The summed E-state index contributed by atoms with van der Waals surface area (Å²) in [5.41, 5.74) is 2.00. The molecule has 0 amide bonds. The second kappa shape index (κ2) is 6.43. The normalized spacial score (nSPS) is 12.4. The number of benzene rings is 2. The first-order chi connectivity index (χ1) is 9.20. The van der Waals surface area contributed by atoms with Gasteiger partial charge in [-0.05, 0) is 36.7 Å². The maximum Gasteiger partial charge on any atom is 0.159 e. The highest BCUT2D eigenvalue weighted by Crippen LogP contribution is 2.21. The summed E-state index contributed by atoms with van der Waals surface area (Å²) in [7, 11) is 1.89. The van der Waals surface area contributed by atoms with Crippen LogP contribution in [0.25, 0.3) is 0 Å². The molecule has 100 valence electrons. The van der Waals surface area contributed by atoms with Crippen molar-refractivity contribution in [1.29, 1.82) is 0 Å². The number of nitrogens with one attached hydrogen (secondary N) is 1. The van der Waals surface area contributed by atoms with Crippen LogP contribution in [-0.2, 0) is 6.42 Å². The van der Waals surface area contributed by atoms with Gasteiger partial charge in [0.25, 0.3) is 0 Å². The van der Waals surface area contributed by atoms with Crippen molar-refractivity contribution >= 4 is 0 Å². The molecular weight excluding hydrogens is 244 g/mol. The molecule has 0 radical (unpaired) electrons. The average molecular weight is 261 g/mol. The third-order valence-electron chi connectivity index (χ3n) is 3.19. The van der Waals surface area contributed by atoms with E-state index in [2.05, 4.69) is 17.4 Å². The van der Waals surface area contributed by atoms with E-state index < -0.39 is 11.6 Å². The molecule has 3 heteroatoms. The lowest BCUT2D eigenvalue weighted by Crippen LogP contribution is -2.19. The Morgan fingerprint density at radius 2 is 1.74 bits per heavy atom. The molecule has 0 aromatic heterocycles. The van der Waals surface area contributed by atoms with Gasteiger partial charge in [-0.2, -0.15) is 0 Å². The highest BCUT2D eigenvalue weighted by atomic mass is 19.2. The van der Waals surface area contributed by atoms with Crippen LogP contribution in [0.5, 0.6) is 0 Å². The van der Waals surface area contributed by atoms with Crippen LogP contribution in [-0.4, -0.2) is 13.6 Å². The quantitative estimate of drug-likeness (QED) is 0.868. The average Bonchev–Trinajstić information content (AvgIpc) is 2.43. The Hall–Kier alpha value is -1.74. The van der Waals surface area contributed by atoms with Crippen LogP contribution in [0, 0.1) is 11.6 Å². The number of hydrogen-bond donors (Lipinski definition) is 1. The Morgan fingerprint density at radius 1 is 1.00 bits per heavy atom. The van der Waals surface area contributed by atoms with Crippen LogP contribution in [0.2, 0.25) is 0 Å². The Balaban J connectivity index is 2.19. The van der Waals surface area contributed by atoms with Crippen molar-refractivity contribution in [2.75, 3.05) is 13.6 Å². The van der Waals surface area contributed by atoms with Gasteiger partial charge in [0.05, 0.1) is 0 Å². The molecule has 0 saturated carbocycles. The van der Waals surface area contributed by atoms with Crippen molar-refractivity contribution < 1.29 is 8.78 Å². The van der Waals surface area contributed by atoms with Gasteiger partial charge in [-0.3, -0.25) is 0 Å². The second-order valence-electron chi connectivity index (χ2n) is 4.62. The predicted molar refractivity (Wildman–Crippen MR) is 73.2 cm³/mol. The van der Waals surface area contributed by atoms with Crippen LogP contribution in [0.1, 0.15) is 17.0 Å². The molecular formula is C16H17F2N. The second-order valence-corrected chi connectivity index (χ2v) is 4.62. The predicted octanol–water partition coefficient (Wildman–Crippen LogP) is 3.51. The fraction of sp³-hybridized carbons (Fsp3) is 0.250. The summed E-state index contributed by atoms with van der Waals surface area (Å²) in [5, 5.41) is 3.14. The third kappa shape index (κ3) is 3.61. The highest BCUT2D eigenvalue weighted by Gasteiger charge is 2.12. The number of rotatable bonds is 5. The molecule has 0 aliphatic heterocycles. The maximum atomic E-state index is 13.2. The molecule has 2 aromatic rings. The number of hydrogen-bond acceptors (Lipinski definition) is 1. The Morgan fingerprint density at radius 3 is 2.37 bits per heavy atom. The molecule has 0 bridgehead atoms. The van der Waals surface area contributed by atoms with Gasteiger partial charge >= 0.3 is 0 Å². The molecule has 1 N–H and O–H groups in total. The van der Waals surface area contributed by atoms with E-state index in [1.807, 2.05) is 25.2 Å². The highest BCUT2D eigenvalue weighted by molar-refractivity contribution is 5.25. The van der Waals surface area contributed by atoms with Crippen molar-refractivity contribution in [3.63, 3.8) is 0 Å². The van der Waals surface area contributed by atoms with E-state index in [0.717, 1.165) is 12.1 Å². The van der Waals surface area contributed by atoms with Crippen LogP contribution in [0.4, 0.5) is 8.78 Å². The third-order valence-corrected chi connectivity index (χ3v) is 3.19. The molecule has 0 spiro atoms. The summed E-state index contributed by atoms with van der Waals surface area (Å²) in [6.45, 7) is 0.795. The monoisotopic (exact) mass is 261 g/mol. The maximum absolute atomic E-state index is 13.2. The van der Waals surface area contributed by atoms with E-state index in [0.29, 0.717) is 6.42 Å². The first-order valence-electron chi connectivity index (χ1n) is 6.34. The van der Waals surface area contributed by atoms with Crippen LogP contribution in [0.3, 0.4) is 0 Å². The van der Waals surface area contributed by atoms with Gasteiger partial charge in [-0.25, -0.2) is 8.78 Å². The first-order valence-corrected chi connectivity index (χ1v) is 6.34. The molecule has 1 nitrogen and oxygen atoms in total. The largest absolute Gasteiger partial charge is 0.319 e. The first kappa shape index (κ1) is 13.7. The van der Waals surface area contributed by atoms with E-state index in [-0.39, 0.29) is 5.92 Å². The van der Waals surface area contributed by atoms with E-state index in [1.165, 1.54) is 17.7 Å². The molecule has 19 heavy (non-hydrogen) atoms. The Labute approximate surface area is 112 Å². The summed E-state index contributed by atoms with van der Waals surface area (Å²) in [5.74, 6) is -1.33. The van der Waals surface area contributed by atoms with Crippen molar-refractivity contribution in [1.82, 2.24) is 5.32 Å². The Bertz CT molecular complexity index is 526. The lowest BCUT2D eigenvalue weighted by Gasteiger charge is -2.17. The van der Waals surface area contributed by atoms with E-state index >= 15 is 0 Å². The molecule has 2 aromatic carbocycles. The number of halogens is 2. The molecule has 0 aliphatic carbocycles. The fourth-order valence-corrected chi connectivity index (χ4v) is 2.23. The van der Waals surface area contributed by atoms with Crippen LogP contribution >= 0.6 is 0 Å². The van der Waals surface area contributed by atoms with Crippen molar-refractivity contribution in [3.8, 4) is 0 Å². The molecule has 1 atom stereocenters. The molecule has 0 aliphatic rings. The summed E-state index contributed by atoms with van der Waals surface area (Å²) in [6, 6.07) is 14.2. The van der Waals surface area contributed by atoms with Gasteiger partial charge in [0.15, 0.2) is 11.6 Å². The van der Waals surface area contributed by atoms with Gasteiger partial charge < -0.3 is 5.32 Å². The molecule has 0 fully saturated rings. The van der Waals surface area contributed by atoms with Gasteiger partial charge in [-0.1, -0.05) is 36.4 Å². The summed E-state index contributed by atoms with van der Waals surface area (Å²) < 4.78 is 26.1. The zero-order valence-electron chi connectivity index (χ0n) is 10.9. The molecule has 1 unspecified atom stereocenters. The lowest BCUT2D eigenvalue weighted by molar-refractivity contribution is 0.505. The zero-order chi connectivity index (χ0) is 13.7. The van der Waals surface area contributed by atoms with Gasteiger partial charge in [-0.15, -0.1) is 0 Å². The standard InChI is InChI=1S/C16H17F2N/c1-19-11-14(13-5-3-2-4-6-13)9-12-7-8-15(17)16(18)10-12/h2-8,10,14,19H,9,11H2,1H3. The van der Waals surface area contributed by atoms with Crippen LogP contribution in [0.15, 0.2) is 48.5 Å². The molecule has 2 rings (SSSR count). The lowest BCUT2D eigenvalue weighted by atomic mass is 9.92. The van der Waals surface area contributed by atoms with E-state index in [4.69, 9.17) is 0 Å². The van der Waals surface area contributed by atoms with Gasteiger partial charge in [0.2, 0.25) is 0 Å². The fourth-order valence-electron chi connectivity index (χ4n) is 2.23. The van der Waals surface area contributed by atoms with E-state index in [9.17, 15) is 8.78 Å². The minimum absolute atomic E-state index is 0.246. The van der Waals surface area contributed by atoms with Gasteiger partial charge in [0.1, 0.15) is 0 Å². The number of likely N-dealkylation sites (N-methyl/N-ethyl adjacent to an activating group) is 1. The minimum Gasteiger partial charge on any atom is -0.319 e. The smallest absolute Gasteiger partial charge is 0.159 e. The topological polar surface area (TPSA) is 12.0 Å². The summed E-state index contributed by atoms with van der Waals surface area (Å²) >= 11 is 0. The minimum atomic E-state index is -0.798. The van der Waals surface area contributed by atoms with E-state index in [1.54, 1.807) is 6.07 Å². The summed E-state index contributed by atoms with van der Waals surface area (Å²) in [6.07, 6.45) is 0.683. The Kier molecular flexibility index (Phi) is 4.63.